The first-order valence-electron chi connectivity index (χ1n) is 6.06. The summed E-state index contributed by atoms with van der Waals surface area (Å²) in [5, 5.41) is 0. The van der Waals surface area contributed by atoms with Crippen LogP contribution in [0.2, 0.25) is 0 Å². The van der Waals surface area contributed by atoms with Crippen LogP contribution in [0, 0.1) is 6.92 Å². The van der Waals surface area contributed by atoms with Gasteiger partial charge in [0.05, 0.1) is 0 Å². The minimum absolute atomic E-state index is 0.840. The number of fused-ring (bicyclic) bond motifs is 1. The molecule has 0 fully saturated rings. The van der Waals surface area contributed by atoms with E-state index in [0.717, 1.165) is 23.4 Å². The largest absolute Gasteiger partial charge is 0.316 e. The third-order valence-corrected chi connectivity index (χ3v) is 3.20. The first-order chi connectivity index (χ1) is 8.74. The van der Waals surface area contributed by atoms with Crippen LogP contribution in [0.4, 0.5) is 0 Å². The summed E-state index contributed by atoms with van der Waals surface area (Å²) in [7, 11) is 2.02. The fraction of sp³-hybridized carbons (Fsp3) is 0.200. The number of imidazole rings is 1. The number of aryl methyl sites for hydroxylation is 2. The number of benzene rings is 1. The van der Waals surface area contributed by atoms with Crippen LogP contribution in [-0.4, -0.2) is 14.5 Å². The molecule has 3 heteroatoms. The summed E-state index contributed by atoms with van der Waals surface area (Å²) >= 11 is 0. The molecule has 0 spiro atoms. The van der Waals surface area contributed by atoms with E-state index >= 15 is 0 Å². The molecule has 0 amide bonds. The molecule has 3 nitrogen and oxygen atoms in total. The van der Waals surface area contributed by atoms with Crippen molar-refractivity contribution in [3.63, 3.8) is 0 Å². The lowest BCUT2D eigenvalue weighted by Crippen LogP contribution is -1.99. The highest BCUT2D eigenvalue weighted by molar-refractivity contribution is 5.71. The second kappa shape index (κ2) is 4.26. The van der Waals surface area contributed by atoms with Crippen molar-refractivity contribution in [1.29, 1.82) is 0 Å². The topological polar surface area (TPSA) is 30.7 Å². The van der Waals surface area contributed by atoms with Gasteiger partial charge in [0.15, 0.2) is 5.65 Å². The van der Waals surface area contributed by atoms with Crippen LogP contribution in [0.1, 0.15) is 17.0 Å². The molecule has 0 N–H and O–H groups in total. The van der Waals surface area contributed by atoms with Crippen molar-refractivity contribution in [1.82, 2.24) is 14.5 Å². The molecule has 3 aromatic rings. The molecule has 2 aromatic heterocycles. The molecule has 0 unspecified atom stereocenters. The zero-order valence-electron chi connectivity index (χ0n) is 10.6. The number of nitrogens with zero attached hydrogens (tertiary/aromatic N) is 3. The lowest BCUT2D eigenvalue weighted by atomic mass is 10.1. The predicted octanol–water partition coefficient (Wildman–Crippen LogP) is 2.87. The van der Waals surface area contributed by atoms with Gasteiger partial charge < -0.3 is 4.57 Å². The Balaban J connectivity index is 1.99. The highest BCUT2D eigenvalue weighted by Crippen LogP contribution is 2.15. The maximum atomic E-state index is 4.63. The van der Waals surface area contributed by atoms with Crippen molar-refractivity contribution in [3.8, 4) is 0 Å². The molecule has 2 heterocycles. The van der Waals surface area contributed by atoms with Crippen molar-refractivity contribution in [2.24, 2.45) is 7.05 Å². The Morgan fingerprint density at radius 1 is 1.11 bits per heavy atom. The van der Waals surface area contributed by atoms with Gasteiger partial charge in [-0.3, -0.25) is 0 Å². The lowest BCUT2D eigenvalue weighted by molar-refractivity contribution is 0.835. The van der Waals surface area contributed by atoms with Crippen LogP contribution < -0.4 is 0 Å². The highest BCUT2D eigenvalue weighted by atomic mass is 15.1. The molecule has 3 rings (SSSR count). The molecule has 18 heavy (non-hydrogen) atoms. The fourth-order valence-corrected chi connectivity index (χ4v) is 2.12. The van der Waals surface area contributed by atoms with Gasteiger partial charge in [-0.1, -0.05) is 29.8 Å². The van der Waals surface area contributed by atoms with Gasteiger partial charge in [0, 0.05) is 19.7 Å². The summed E-state index contributed by atoms with van der Waals surface area (Å²) in [6, 6.07) is 12.5. The van der Waals surface area contributed by atoms with E-state index in [2.05, 4.69) is 45.7 Å². The Bertz CT molecular complexity index is 681. The SMILES string of the molecule is Cc1ccc(Cc2nc3cccnc3n2C)cc1. The summed E-state index contributed by atoms with van der Waals surface area (Å²) in [5.74, 6) is 1.05. The average molecular weight is 237 g/mol. The molecule has 0 aliphatic heterocycles. The van der Waals surface area contributed by atoms with Gasteiger partial charge >= 0.3 is 0 Å². The van der Waals surface area contributed by atoms with Crippen molar-refractivity contribution in [2.75, 3.05) is 0 Å². The van der Waals surface area contributed by atoms with E-state index in [1.807, 2.05) is 19.2 Å². The summed E-state index contributed by atoms with van der Waals surface area (Å²) in [6.45, 7) is 2.10. The third-order valence-electron chi connectivity index (χ3n) is 3.20. The molecule has 1 aromatic carbocycles. The van der Waals surface area contributed by atoms with E-state index in [1.54, 1.807) is 6.20 Å². The Morgan fingerprint density at radius 3 is 2.61 bits per heavy atom. The van der Waals surface area contributed by atoms with Crippen LogP contribution in [0.15, 0.2) is 42.6 Å². The predicted molar refractivity (Wildman–Crippen MR) is 72.5 cm³/mol. The van der Waals surface area contributed by atoms with Crippen LogP contribution in [-0.2, 0) is 13.5 Å². The highest BCUT2D eigenvalue weighted by Gasteiger charge is 2.08. The summed E-state index contributed by atoms with van der Waals surface area (Å²) < 4.78 is 2.06. The Labute approximate surface area is 106 Å². The minimum Gasteiger partial charge on any atom is -0.316 e. The normalized spacial score (nSPS) is 11.0. The quantitative estimate of drug-likeness (QED) is 0.686. The molecule has 0 bridgehead atoms. The zero-order chi connectivity index (χ0) is 12.5. The molecule has 0 atom stereocenters. The van der Waals surface area contributed by atoms with Gasteiger partial charge in [-0.25, -0.2) is 9.97 Å². The van der Waals surface area contributed by atoms with Crippen LogP contribution >= 0.6 is 0 Å². The molecule has 0 aliphatic rings. The molecule has 0 saturated heterocycles. The maximum absolute atomic E-state index is 4.63. The van der Waals surface area contributed by atoms with E-state index in [9.17, 15) is 0 Å². The zero-order valence-corrected chi connectivity index (χ0v) is 10.6. The Kier molecular flexibility index (Phi) is 2.59. The second-order valence-corrected chi connectivity index (χ2v) is 4.60. The van der Waals surface area contributed by atoms with Crippen LogP contribution in [0.5, 0.6) is 0 Å². The average Bonchev–Trinajstić information content (AvgIpc) is 2.70. The van der Waals surface area contributed by atoms with Crippen LogP contribution in [0.3, 0.4) is 0 Å². The number of pyridine rings is 1. The van der Waals surface area contributed by atoms with E-state index in [1.165, 1.54) is 11.1 Å². The smallest absolute Gasteiger partial charge is 0.159 e. The lowest BCUT2D eigenvalue weighted by Gasteiger charge is -2.02. The van der Waals surface area contributed by atoms with E-state index in [-0.39, 0.29) is 0 Å². The molecule has 0 saturated carbocycles. The third kappa shape index (κ3) is 1.88. The van der Waals surface area contributed by atoms with Gasteiger partial charge in [0.2, 0.25) is 0 Å². The first kappa shape index (κ1) is 11.0. The maximum Gasteiger partial charge on any atom is 0.159 e. The summed E-state index contributed by atoms with van der Waals surface area (Å²) in [4.78, 5) is 8.99. The van der Waals surface area contributed by atoms with Crippen molar-refractivity contribution >= 4 is 11.2 Å². The number of rotatable bonds is 2. The van der Waals surface area contributed by atoms with Gasteiger partial charge in [0.25, 0.3) is 0 Å². The standard InChI is InChI=1S/C15H15N3/c1-11-5-7-12(8-6-11)10-14-17-13-4-3-9-16-15(13)18(14)2/h3-9H,10H2,1-2H3. The molecule has 90 valence electrons. The minimum atomic E-state index is 0.840. The van der Waals surface area contributed by atoms with E-state index in [0.29, 0.717) is 0 Å². The Morgan fingerprint density at radius 2 is 1.89 bits per heavy atom. The number of aromatic nitrogens is 3. The van der Waals surface area contributed by atoms with Gasteiger partial charge in [-0.15, -0.1) is 0 Å². The molecular weight excluding hydrogens is 222 g/mol. The van der Waals surface area contributed by atoms with Gasteiger partial charge in [0.1, 0.15) is 11.3 Å². The second-order valence-electron chi connectivity index (χ2n) is 4.60. The van der Waals surface area contributed by atoms with Gasteiger partial charge in [-0.2, -0.15) is 0 Å². The molecule has 0 aliphatic carbocycles. The van der Waals surface area contributed by atoms with Crippen molar-refractivity contribution < 1.29 is 0 Å². The summed E-state index contributed by atoms with van der Waals surface area (Å²) in [5.41, 5.74) is 4.46. The monoisotopic (exact) mass is 237 g/mol. The molecular formula is C15H15N3. The number of hydrogen-bond donors (Lipinski definition) is 0. The summed E-state index contributed by atoms with van der Waals surface area (Å²) in [6.07, 6.45) is 2.65. The van der Waals surface area contributed by atoms with E-state index in [4.69, 9.17) is 0 Å². The van der Waals surface area contributed by atoms with Crippen molar-refractivity contribution in [3.05, 3.63) is 59.5 Å². The fourth-order valence-electron chi connectivity index (χ4n) is 2.12. The van der Waals surface area contributed by atoms with Crippen molar-refractivity contribution in [2.45, 2.75) is 13.3 Å². The molecule has 0 radical (unpaired) electrons. The first-order valence-corrected chi connectivity index (χ1v) is 6.06. The van der Waals surface area contributed by atoms with E-state index < -0.39 is 0 Å². The van der Waals surface area contributed by atoms with Crippen LogP contribution in [0.25, 0.3) is 11.2 Å². The number of hydrogen-bond acceptors (Lipinski definition) is 2. The van der Waals surface area contributed by atoms with Gasteiger partial charge in [-0.05, 0) is 24.6 Å². The Hall–Kier alpha value is -2.16.